The van der Waals surface area contributed by atoms with Crippen molar-refractivity contribution in [2.45, 2.75) is 19.4 Å². The van der Waals surface area contributed by atoms with E-state index in [1.165, 1.54) is 25.1 Å². The second kappa shape index (κ2) is 8.43. The van der Waals surface area contributed by atoms with E-state index in [0.717, 1.165) is 22.6 Å². The monoisotopic (exact) mass is 474 g/mol. The highest BCUT2D eigenvalue weighted by Gasteiger charge is 2.38. The first-order valence-corrected chi connectivity index (χ1v) is 11.1. The van der Waals surface area contributed by atoms with Crippen molar-refractivity contribution < 1.29 is 23.9 Å². The van der Waals surface area contributed by atoms with Gasteiger partial charge in [0.25, 0.3) is 17.7 Å². The van der Waals surface area contributed by atoms with Gasteiger partial charge in [0, 0.05) is 12.2 Å². The fourth-order valence-electron chi connectivity index (χ4n) is 4.29. The number of fused-ring (bicyclic) bond motifs is 2. The molecular weight excluding hydrogens is 456 g/mol. The summed E-state index contributed by atoms with van der Waals surface area (Å²) in [5.41, 5.74) is 2.47. The molecule has 0 unspecified atom stereocenters. The minimum absolute atomic E-state index is 0.0716. The van der Waals surface area contributed by atoms with Crippen molar-refractivity contribution in [2.75, 3.05) is 16.3 Å². The van der Waals surface area contributed by atoms with Gasteiger partial charge in [0.2, 0.25) is 0 Å². The molecule has 0 N–H and O–H groups in total. The largest absolute Gasteiger partial charge is 0.449 e. The zero-order valence-corrected chi connectivity index (χ0v) is 18.9. The van der Waals surface area contributed by atoms with Crippen LogP contribution in [0.2, 0.25) is 5.02 Å². The van der Waals surface area contributed by atoms with Crippen molar-refractivity contribution in [2.24, 2.45) is 0 Å². The number of ether oxygens (including phenoxy) is 1. The van der Waals surface area contributed by atoms with E-state index in [-0.39, 0.29) is 33.3 Å². The van der Waals surface area contributed by atoms with Crippen LogP contribution in [0.4, 0.5) is 11.4 Å². The predicted molar refractivity (Wildman–Crippen MR) is 126 cm³/mol. The van der Waals surface area contributed by atoms with Crippen molar-refractivity contribution in [1.29, 1.82) is 0 Å². The van der Waals surface area contributed by atoms with E-state index in [4.69, 9.17) is 16.3 Å². The molecule has 5 rings (SSSR count). The fraction of sp³-hybridized carbons (Fsp3) is 0.154. The molecule has 0 radical (unpaired) electrons. The number of hydrogen-bond acceptors (Lipinski definition) is 5. The van der Waals surface area contributed by atoms with Crippen LogP contribution in [0.3, 0.4) is 0 Å². The number of para-hydroxylation sites is 2. The average molecular weight is 475 g/mol. The van der Waals surface area contributed by atoms with Crippen LogP contribution in [0.1, 0.15) is 43.6 Å². The van der Waals surface area contributed by atoms with Crippen molar-refractivity contribution >= 4 is 46.7 Å². The van der Waals surface area contributed by atoms with E-state index in [1.54, 1.807) is 29.2 Å². The number of imide groups is 1. The maximum absolute atomic E-state index is 13.0. The summed E-state index contributed by atoms with van der Waals surface area (Å²) in [4.78, 5) is 54.1. The molecule has 3 aromatic rings. The number of nitrogens with zero attached hydrogens (tertiary/aromatic N) is 2. The number of carbonyl (C=O) groups excluding carboxylic acids is 4. The topological polar surface area (TPSA) is 84.0 Å². The predicted octanol–water partition coefficient (Wildman–Crippen LogP) is 4.28. The maximum Gasteiger partial charge on any atom is 0.338 e. The minimum atomic E-state index is -1.02. The number of hydrogen-bond donors (Lipinski definition) is 0. The summed E-state index contributed by atoms with van der Waals surface area (Å²) < 4.78 is 5.42. The Morgan fingerprint density at radius 2 is 1.59 bits per heavy atom. The number of rotatable bonds is 4. The summed E-state index contributed by atoms with van der Waals surface area (Å²) in [7, 11) is 0. The smallest absolute Gasteiger partial charge is 0.338 e. The zero-order chi connectivity index (χ0) is 24.0. The van der Waals surface area contributed by atoms with Crippen LogP contribution < -0.4 is 9.80 Å². The van der Waals surface area contributed by atoms with Crippen LogP contribution in [-0.4, -0.2) is 36.3 Å². The van der Waals surface area contributed by atoms with E-state index >= 15 is 0 Å². The third kappa shape index (κ3) is 3.54. The van der Waals surface area contributed by atoms with Gasteiger partial charge in [-0.3, -0.25) is 14.4 Å². The summed E-state index contributed by atoms with van der Waals surface area (Å²) in [5.74, 6) is -2.19. The molecular formula is C26H19ClN2O5. The molecule has 2 heterocycles. The highest BCUT2D eigenvalue weighted by atomic mass is 35.5. The molecule has 3 amide bonds. The van der Waals surface area contributed by atoms with Crippen LogP contribution in [0.5, 0.6) is 0 Å². The highest BCUT2D eigenvalue weighted by molar-refractivity contribution is 6.39. The molecule has 2 aliphatic rings. The van der Waals surface area contributed by atoms with Crippen molar-refractivity contribution in [3.8, 4) is 0 Å². The molecule has 0 aromatic heterocycles. The first kappa shape index (κ1) is 21.9. The summed E-state index contributed by atoms with van der Waals surface area (Å²) in [6.07, 6.45) is -0.283. The first-order valence-electron chi connectivity index (χ1n) is 10.7. The lowest BCUT2D eigenvalue weighted by molar-refractivity contribution is -0.126. The molecule has 170 valence electrons. The molecule has 0 bridgehead atoms. The number of benzene rings is 3. The molecule has 0 saturated carbocycles. The zero-order valence-electron chi connectivity index (χ0n) is 18.2. The maximum atomic E-state index is 13.0. The van der Waals surface area contributed by atoms with Gasteiger partial charge in [0.05, 0.1) is 27.4 Å². The van der Waals surface area contributed by atoms with Crippen LogP contribution in [0.15, 0.2) is 66.7 Å². The fourth-order valence-corrected chi connectivity index (χ4v) is 4.51. The molecule has 0 aliphatic carbocycles. The van der Waals surface area contributed by atoms with Crippen molar-refractivity contribution in [3.63, 3.8) is 0 Å². The van der Waals surface area contributed by atoms with Gasteiger partial charge >= 0.3 is 5.97 Å². The average Bonchev–Trinajstić information content (AvgIpc) is 3.38. The Morgan fingerprint density at radius 3 is 2.35 bits per heavy atom. The van der Waals surface area contributed by atoms with Gasteiger partial charge in [-0.05, 0) is 55.3 Å². The number of halogens is 1. The SMILES string of the molecule is C[C@H](OC(=O)c1ccc2c(c1)C(=O)N(c1ccccc1Cl)C2=O)C(=O)N1CCc2ccccc21. The summed E-state index contributed by atoms with van der Waals surface area (Å²) >= 11 is 6.18. The summed E-state index contributed by atoms with van der Waals surface area (Å²) in [5, 5.41) is 0.257. The quantitative estimate of drug-likeness (QED) is 0.416. The van der Waals surface area contributed by atoms with E-state index in [9.17, 15) is 19.2 Å². The molecule has 8 heteroatoms. The van der Waals surface area contributed by atoms with Crippen LogP contribution in [0, 0.1) is 0 Å². The number of amides is 3. The first-order chi connectivity index (χ1) is 16.4. The van der Waals surface area contributed by atoms with Gasteiger partial charge in [-0.25, -0.2) is 9.69 Å². The van der Waals surface area contributed by atoms with Gasteiger partial charge in [0.1, 0.15) is 0 Å². The third-order valence-corrected chi connectivity index (χ3v) is 6.32. The Morgan fingerprint density at radius 1 is 0.912 bits per heavy atom. The Labute approximate surface area is 200 Å². The normalized spacial score (nSPS) is 15.2. The van der Waals surface area contributed by atoms with Crippen molar-refractivity contribution in [1.82, 2.24) is 0 Å². The van der Waals surface area contributed by atoms with Gasteiger partial charge in [-0.2, -0.15) is 0 Å². The molecule has 0 spiro atoms. The van der Waals surface area contributed by atoms with Crippen LogP contribution in [0.25, 0.3) is 0 Å². The van der Waals surface area contributed by atoms with E-state index in [2.05, 4.69) is 0 Å². The van der Waals surface area contributed by atoms with Gasteiger partial charge in [-0.1, -0.05) is 41.9 Å². The summed E-state index contributed by atoms with van der Waals surface area (Å²) in [6, 6.07) is 18.3. The molecule has 2 aliphatic heterocycles. The van der Waals surface area contributed by atoms with Gasteiger partial charge in [-0.15, -0.1) is 0 Å². The number of anilines is 2. The van der Waals surface area contributed by atoms with E-state index < -0.39 is 23.9 Å². The second-order valence-electron chi connectivity index (χ2n) is 8.07. The second-order valence-corrected chi connectivity index (χ2v) is 8.48. The standard InChI is InChI=1S/C26H19ClN2O5/c1-15(23(30)28-13-12-16-6-2-4-8-21(16)28)34-26(33)17-10-11-18-19(14-17)25(32)29(24(18)31)22-9-5-3-7-20(22)27/h2-11,14-15H,12-13H2,1H3/t15-/m0/s1. The van der Waals surface area contributed by atoms with Crippen molar-refractivity contribution in [3.05, 3.63) is 94.0 Å². The Balaban J connectivity index is 1.34. The lowest BCUT2D eigenvalue weighted by Gasteiger charge is -2.21. The lowest BCUT2D eigenvalue weighted by Crippen LogP contribution is -2.39. The highest BCUT2D eigenvalue weighted by Crippen LogP contribution is 2.34. The molecule has 0 fully saturated rings. The van der Waals surface area contributed by atoms with Gasteiger partial charge in [0.15, 0.2) is 6.10 Å². The summed E-state index contributed by atoms with van der Waals surface area (Å²) in [6.45, 7) is 2.04. The minimum Gasteiger partial charge on any atom is -0.449 e. The van der Waals surface area contributed by atoms with Crippen LogP contribution in [-0.2, 0) is 16.0 Å². The number of carbonyl (C=O) groups is 4. The third-order valence-electron chi connectivity index (χ3n) is 6.00. The van der Waals surface area contributed by atoms with E-state index in [1.807, 2.05) is 24.3 Å². The van der Waals surface area contributed by atoms with Gasteiger partial charge < -0.3 is 9.64 Å². The lowest BCUT2D eigenvalue weighted by atomic mass is 10.1. The molecule has 7 nitrogen and oxygen atoms in total. The molecule has 1 atom stereocenters. The van der Waals surface area contributed by atoms with E-state index in [0.29, 0.717) is 6.54 Å². The Bertz CT molecular complexity index is 1370. The molecule has 3 aromatic carbocycles. The molecule has 34 heavy (non-hydrogen) atoms. The number of esters is 1. The molecule has 0 saturated heterocycles. The van der Waals surface area contributed by atoms with Crippen LogP contribution >= 0.6 is 11.6 Å². The Kier molecular flexibility index (Phi) is 5.42. The Hall–Kier alpha value is -3.97.